The lowest BCUT2D eigenvalue weighted by Crippen LogP contribution is -2.33. The van der Waals surface area contributed by atoms with Gasteiger partial charge in [-0.05, 0) is 30.4 Å². The zero-order chi connectivity index (χ0) is 15.3. The van der Waals surface area contributed by atoms with Crippen molar-refractivity contribution in [2.24, 2.45) is 5.41 Å². The van der Waals surface area contributed by atoms with E-state index in [1.165, 1.54) is 0 Å². The molecule has 1 saturated heterocycles. The fraction of sp³-hybridized carbons (Fsp3) is 0.600. The summed E-state index contributed by atoms with van der Waals surface area (Å²) in [5.74, 6) is 0. The SMILES string of the molecule is CCNS(=O)(=O)c1ccccc1NCC1(C)CCOCC1. The largest absolute Gasteiger partial charge is 0.383 e. The molecule has 0 saturated carbocycles. The van der Waals surface area contributed by atoms with Crippen LogP contribution in [0.2, 0.25) is 0 Å². The quantitative estimate of drug-likeness (QED) is 0.845. The maximum absolute atomic E-state index is 12.2. The number of ether oxygens (including phenoxy) is 1. The normalized spacial score (nSPS) is 18.4. The average Bonchev–Trinajstić information content (AvgIpc) is 2.46. The Labute approximate surface area is 127 Å². The fourth-order valence-corrected chi connectivity index (χ4v) is 3.69. The molecule has 1 heterocycles. The Morgan fingerprint density at radius 1 is 1.24 bits per heavy atom. The molecule has 1 fully saturated rings. The van der Waals surface area contributed by atoms with Crippen LogP contribution in [0.1, 0.15) is 26.7 Å². The molecule has 0 amide bonds. The highest BCUT2D eigenvalue weighted by atomic mass is 32.2. The molecule has 0 unspecified atom stereocenters. The van der Waals surface area contributed by atoms with Gasteiger partial charge in [-0.3, -0.25) is 0 Å². The summed E-state index contributed by atoms with van der Waals surface area (Å²) in [6, 6.07) is 7.03. The molecule has 1 aliphatic rings. The van der Waals surface area contributed by atoms with Gasteiger partial charge < -0.3 is 10.1 Å². The van der Waals surface area contributed by atoms with Crippen LogP contribution in [-0.4, -0.2) is 34.7 Å². The lowest BCUT2D eigenvalue weighted by molar-refractivity contribution is 0.0300. The first-order valence-corrected chi connectivity index (χ1v) is 8.85. The summed E-state index contributed by atoms with van der Waals surface area (Å²) in [5.41, 5.74) is 0.805. The van der Waals surface area contributed by atoms with E-state index < -0.39 is 10.0 Å². The van der Waals surface area contributed by atoms with Crippen molar-refractivity contribution in [1.29, 1.82) is 0 Å². The van der Waals surface area contributed by atoms with E-state index in [0.717, 1.165) is 32.6 Å². The van der Waals surface area contributed by atoms with E-state index in [4.69, 9.17) is 4.74 Å². The van der Waals surface area contributed by atoms with E-state index in [1.54, 1.807) is 19.1 Å². The topological polar surface area (TPSA) is 67.4 Å². The van der Waals surface area contributed by atoms with E-state index in [9.17, 15) is 8.42 Å². The van der Waals surface area contributed by atoms with Gasteiger partial charge in [-0.2, -0.15) is 0 Å². The van der Waals surface area contributed by atoms with Gasteiger partial charge in [0.1, 0.15) is 4.90 Å². The maximum atomic E-state index is 12.2. The molecule has 0 aliphatic carbocycles. The molecule has 0 spiro atoms. The Morgan fingerprint density at radius 3 is 2.57 bits per heavy atom. The minimum Gasteiger partial charge on any atom is -0.383 e. The molecule has 0 atom stereocenters. The third-order valence-corrected chi connectivity index (χ3v) is 5.52. The van der Waals surface area contributed by atoms with Crippen molar-refractivity contribution in [3.63, 3.8) is 0 Å². The highest BCUT2D eigenvalue weighted by molar-refractivity contribution is 7.89. The van der Waals surface area contributed by atoms with Crippen LogP contribution in [0.5, 0.6) is 0 Å². The van der Waals surface area contributed by atoms with Crippen LogP contribution in [-0.2, 0) is 14.8 Å². The Morgan fingerprint density at radius 2 is 1.90 bits per heavy atom. The van der Waals surface area contributed by atoms with Crippen molar-refractivity contribution < 1.29 is 13.2 Å². The summed E-state index contributed by atoms with van der Waals surface area (Å²) in [7, 11) is -3.45. The molecule has 118 valence electrons. The van der Waals surface area contributed by atoms with E-state index >= 15 is 0 Å². The zero-order valence-electron chi connectivity index (χ0n) is 12.7. The van der Waals surface area contributed by atoms with Gasteiger partial charge in [-0.25, -0.2) is 13.1 Å². The third-order valence-electron chi connectivity index (χ3n) is 3.92. The van der Waals surface area contributed by atoms with Crippen LogP contribution < -0.4 is 10.0 Å². The zero-order valence-corrected chi connectivity index (χ0v) is 13.5. The molecule has 2 rings (SSSR count). The maximum Gasteiger partial charge on any atom is 0.242 e. The van der Waals surface area contributed by atoms with Crippen molar-refractivity contribution in [3.8, 4) is 0 Å². The monoisotopic (exact) mass is 312 g/mol. The van der Waals surface area contributed by atoms with Gasteiger partial charge in [0, 0.05) is 26.3 Å². The van der Waals surface area contributed by atoms with Crippen molar-refractivity contribution in [1.82, 2.24) is 4.72 Å². The number of anilines is 1. The van der Waals surface area contributed by atoms with E-state index in [2.05, 4.69) is 17.0 Å². The Kier molecular flexibility index (Phi) is 5.24. The van der Waals surface area contributed by atoms with Crippen LogP contribution in [0.4, 0.5) is 5.69 Å². The Bertz CT molecular complexity index is 566. The summed E-state index contributed by atoms with van der Waals surface area (Å²) in [5, 5.41) is 3.31. The van der Waals surface area contributed by atoms with Gasteiger partial charge in [0.05, 0.1) is 5.69 Å². The van der Waals surface area contributed by atoms with Gasteiger partial charge in [-0.15, -0.1) is 0 Å². The van der Waals surface area contributed by atoms with Gasteiger partial charge in [0.2, 0.25) is 10.0 Å². The highest BCUT2D eigenvalue weighted by Gasteiger charge is 2.27. The first-order chi connectivity index (χ1) is 9.97. The van der Waals surface area contributed by atoms with Gasteiger partial charge in [0.15, 0.2) is 0 Å². The van der Waals surface area contributed by atoms with Crippen LogP contribution in [0.15, 0.2) is 29.2 Å². The molecule has 1 aromatic rings. The smallest absolute Gasteiger partial charge is 0.242 e. The molecule has 0 aromatic heterocycles. The van der Waals surface area contributed by atoms with Crippen molar-refractivity contribution in [3.05, 3.63) is 24.3 Å². The van der Waals surface area contributed by atoms with Crippen LogP contribution in [0.3, 0.4) is 0 Å². The summed E-state index contributed by atoms with van der Waals surface area (Å²) in [6.45, 7) is 6.66. The third kappa shape index (κ3) is 4.18. The highest BCUT2D eigenvalue weighted by Crippen LogP contribution is 2.31. The number of para-hydroxylation sites is 1. The fourth-order valence-electron chi connectivity index (χ4n) is 2.46. The van der Waals surface area contributed by atoms with Crippen molar-refractivity contribution >= 4 is 15.7 Å². The number of nitrogens with one attached hydrogen (secondary N) is 2. The van der Waals surface area contributed by atoms with E-state index in [-0.39, 0.29) is 5.41 Å². The second-order valence-corrected chi connectivity index (χ2v) is 7.51. The molecule has 21 heavy (non-hydrogen) atoms. The van der Waals surface area contributed by atoms with Crippen molar-refractivity contribution in [2.75, 3.05) is 31.6 Å². The molecule has 6 heteroatoms. The number of hydrogen-bond donors (Lipinski definition) is 2. The summed E-state index contributed by atoms with van der Waals surface area (Å²) < 4.78 is 32.4. The first kappa shape index (κ1) is 16.3. The van der Waals surface area contributed by atoms with Crippen LogP contribution >= 0.6 is 0 Å². The summed E-state index contributed by atoms with van der Waals surface area (Å²) in [6.07, 6.45) is 1.98. The average molecular weight is 312 g/mol. The lowest BCUT2D eigenvalue weighted by atomic mass is 9.82. The number of rotatable bonds is 6. The second kappa shape index (κ2) is 6.77. The molecule has 1 aliphatic heterocycles. The number of hydrogen-bond acceptors (Lipinski definition) is 4. The standard InChI is InChI=1S/C15H24N2O3S/c1-3-17-21(18,19)14-7-5-4-6-13(14)16-12-15(2)8-10-20-11-9-15/h4-7,16-17H,3,8-12H2,1-2H3. The Balaban J connectivity index is 2.13. The van der Waals surface area contributed by atoms with E-state index in [1.807, 2.05) is 12.1 Å². The molecular weight excluding hydrogens is 288 g/mol. The Hall–Kier alpha value is -1.11. The van der Waals surface area contributed by atoms with Gasteiger partial charge >= 0.3 is 0 Å². The molecule has 0 bridgehead atoms. The predicted molar refractivity (Wildman–Crippen MR) is 84.0 cm³/mol. The van der Waals surface area contributed by atoms with Gasteiger partial charge in [0.25, 0.3) is 0 Å². The second-order valence-electron chi connectivity index (χ2n) is 5.77. The van der Waals surface area contributed by atoms with Gasteiger partial charge in [-0.1, -0.05) is 26.0 Å². The van der Waals surface area contributed by atoms with E-state index in [0.29, 0.717) is 17.1 Å². The summed E-state index contributed by atoms with van der Waals surface area (Å²) >= 11 is 0. The molecule has 0 radical (unpaired) electrons. The molecule has 1 aromatic carbocycles. The van der Waals surface area contributed by atoms with Crippen LogP contribution in [0.25, 0.3) is 0 Å². The lowest BCUT2D eigenvalue weighted by Gasteiger charge is -2.34. The minimum atomic E-state index is -3.45. The molecule has 2 N–H and O–H groups in total. The first-order valence-electron chi connectivity index (χ1n) is 7.37. The predicted octanol–water partition coefficient (Wildman–Crippen LogP) is 2.21. The minimum absolute atomic E-state index is 0.146. The van der Waals surface area contributed by atoms with Crippen molar-refractivity contribution in [2.45, 2.75) is 31.6 Å². The number of benzene rings is 1. The summed E-state index contributed by atoms with van der Waals surface area (Å²) in [4.78, 5) is 0.308. The molecular formula is C15H24N2O3S. The van der Waals surface area contributed by atoms with Crippen LogP contribution in [0, 0.1) is 5.41 Å². The molecule has 5 nitrogen and oxygen atoms in total. The number of sulfonamides is 1.